The van der Waals surface area contributed by atoms with Crippen molar-refractivity contribution < 1.29 is 0 Å². The molecule has 2 rings (SSSR count). The third kappa shape index (κ3) is 1.60. The van der Waals surface area contributed by atoms with Crippen LogP contribution >= 0.6 is 0 Å². The average molecular weight is 223 g/mol. The van der Waals surface area contributed by atoms with Crippen molar-refractivity contribution >= 4 is 17.5 Å². The first-order valence-electron chi connectivity index (χ1n) is 5.38. The van der Waals surface area contributed by atoms with Crippen molar-refractivity contribution in [2.75, 3.05) is 16.4 Å². The topological polar surface area (TPSA) is 95.8 Å². The van der Waals surface area contributed by atoms with Gasteiger partial charge in [0.2, 0.25) is 5.95 Å². The molecule has 0 amide bonds. The van der Waals surface area contributed by atoms with Crippen LogP contribution in [0.3, 0.4) is 0 Å². The number of H-pyrrole nitrogens is 1. The maximum absolute atomic E-state index is 11.7. The van der Waals surface area contributed by atoms with E-state index in [4.69, 9.17) is 5.73 Å². The zero-order chi connectivity index (χ0) is 11.9. The minimum Gasteiger partial charge on any atom is -0.373 e. The Kier molecular flexibility index (Phi) is 2.29. The van der Waals surface area contributed by atoms with Gasteiger partial charge in [-0.15, -0.1) is 0 Å². The molecule has 1 aromatic rings. The van der Waals surface area contributed by atoms with Crippen molar-refractivity contribution in [2.45, 2.75) is 38.8 Å². The molecule has 0 radical (unpaired) electrons. The maximum Gasteiger partial charge on any atom is 0.277 e. The lowest BCUT2D eigenvalue weighted by Crippen LogP contribution is -2.52. The Morgan fingerprint density at radius 3 is 2.81 bits per heavy atom. The molecule has 0 saturated carbocycles. The second-order valence-electron chi connectivity index (χ2n) is 4.63. The fourth-order valence-electron chi connectivity index (χ4n) is 2.07. The molecule has 6 nitrogen and oxygen atoms in total. The standard InChI is InChI=1S/C10H17N5O/c1-4-5-10(2,3)15-7-6(12-5)8(16)14-9(11)13-7/h5,12H,4H2,1-3H3,(H4,11,13,14,15,16). The molecular weight excluding hydrogens is 206 g/mol. The number of nitrogen functional groups attached to an aromatic ring is 1. The molecule has 1 aliphatic rings. The lowest BCUT2D eigenvalue weighted by Gasteiger charge is -2.40. The Labute approximate surface area is 93.7 Å². The van der Waals surface area contributed by atoms with Crippen LogP contribution in [0.2, 0.25) is 0 Å². The highest BCUT2D eigenvalue weighted by molar-refractivity contribution is 5.68. The van der Waals surface area contributed by atoms with E-state index in [1.54, 1.807) is 0 Å². The van der Waals surface area contributed by atoms with Crippen molar-refractivity contribution in [3.8, 4) is 0 Å². The number of rotatable bonds is 1. The molecule has 2 heterocycles. The van der Waals surface area contributed by atoms with Crippen molar-refractivity contribution in [2.24, 2.45) is 0 Å². The Bertz CT molecular complexity index is 465. The number of nitrogens with zero attached hydrogens (tertiary/aromatic N) is 1. The number of anilines is 3. The Morgan fingerprint density at radius 2 is 2.19 bits per heavy atom. The molecule has 6 heteroatoms. The Morgan fingerprint density at radius 1 is 1.50 bits per heavy atom. The van der Waals surface area contributed by atoms with Crippen molar-refractivity contribution in [3.63, 3.8) is 0 Å². The molecule has 16 heavy (non-hydrogen) atoms. The molecule has 1 atom stereocenters. The second kappa shape index (κ2) is 3.40. The third-order valence-electron chi connectivity index (χ3n) is 2.98. The van der Waals surface area contributed by atoms with Gasteiger partial charge in [-0.25, -0.2) is 0 Å². The zero-order valence-corrected chi connectivity index (χ0v) is 9.72. The highest BCUT2D eigenvalue weighted by Gasteiger charge is 2.35. The van der Waals surface area contributed by atoms with Gasteiger partial charge >= 0.3 is 0 Å². The molecule has 1 unspecified atom stereocenters. The Balaban J connectivity index is 2.51. The SMILES string of the molecule is CCC1Nc2c(nc(N)[nH]c2=O)NC1(C)C. The van der Waals surface area contributed by atoms with Crippen LogP contribution in [-0.2, 0) is 0 Å². The molecule has 88 valence electrons. The van der Waals surface area contributed by atoms with Gasteiger partial charge in [0, 0.05) is 6.04 Å². The summed E-state index contributed by atoms with van der Waals surface area (Å²) in [5, 5.41) is 6.45. The largest absolute Gasteiger partial charge is 0.373 e. The molecule has 5 N–H and O–H groups in total. The average Bonchev–Trinajstić information content (AvgIpc) is 2.14. The van der Waals surface area contributed by atoms with E-state index in [1.165, 1.54) is 0 Å². The second-order valence-corrected chi connectivity index (χ2v) is 4.63. The molecule has 1 aliphatic heterocycles. The van der Waals surface area contributed by atoms with Gasteiger partial charge in [0.05, 0.1) is 5.54 Å². The van der Waals surface area contributed by atoms with Gasteiger partial charge in [-0.3, -0.25) is 9.78 Å². The molecule has 0 fully saturated rings. The number of hydrogen-bond acceptors (Lipinski definition) is 5. The molecular formula is C10H17N5O. The summed E-state index contributed by atoms with van der Waals surface area (Å²) in [5.41, 5.74) is 5.59. The number of aromatic amines is 1. The van der Waals surface area contributed by atoms with Crippen molar-refractivity contribution in [1.29, 1.82) is 0 Å². The van der Waals surface area contributed by atoms with E-state index in [0.717, 1.165) is 6.42 Å². The molecule has 0 spiro atoms. The highest BCUT2D eigenvalue weighted by atomic mass is 16.1. The first kappa shape index (κ1) is 10.8. The summed E-state index contributed by atoms with van der Waals surface area (Å²) in [4.78, 5) is 18.2. The van der Waals surface area contributed by atoms with Crippen LogP contribution in [0.4, 0.5) is 17.5 Å². The van der Waals surface area contributed by atoms with Crippen LogP contribution in [0, 0.1) is 0 Å². The van der Waals surface area contributed by atoms with E-state index in [1.807, 2.05) is 0 Å². The normalized spacial score (nSPS) is 21.8. The summed E-state index contributed by atoms with van der Waals surface area (Å²) < 4.78 is 0. The lowest BCUT2D eigenvalue weighted by molar-refractivity contribution is 0.447. The number of aromatic nitrogens is 2. The minimum absolute atomic E-state index is 0.129. The van der Waals surface area contributed by atoms with E-state index >= 15 is 0 Å². The van der Waals surface area contributed by atoms with Crippen LogP contribution in [0.5, 0.6) is 0 Å². The minimum atomic E-state index is -0.232. The van der Waals surface area contributed by atoms with Crippen LogP contribution in [-0.4, -0.2) is 21.5 Å². The first-order chi connectivity index (χ1) is 7.44. The quantitative estimate of drug-likeness (QED) is 0.563. The monoisotopic (exact) mass is 223 g/mol. The van der Waals surface area contributed by atoms with Crippen LogP contribution < -0.4 is 21.9 Å². The number of fused-ring (bicyclic) bond motifs is 1. The van der Waals surface area contributed by atoms with E-state index < -0.39 is 0 Å². The lowest BCUT2D eigenvalue weighted by atomic mass is 9.90. The summed E-state index contributed by atoms with van der Waals surface area (Å²) in [6.07, 6.45) is 0.920. The zero-order valence-electron chi connectivity index (χ0n) is 9.72. The Hall–Kier alpha value is -1.72. The third-order valence-corrected chi connectivity index (χ3v) is 2.98. The molecule has 1 aromatic heterocycles. The number of hydrogen-bond donors (Lipinski definition) is 4. The number of nitrogens with two attached hydrogens (primary N) is 1. The summed E-state index contributed by atoms with van der Waals surface area (Å²) in [5.74, 6) is 0.653. The molecule has 0 aromatic carbocycles. The molecule has 0 saturated heterocycles. The van der Waals surface area contributed by atoms with E-state index in [2.05, 4.69) is 41.4 Å². The summed E-state index contributed by atoms with van der Waals surface area (Å²) >= 11 is 0. The van der Waals surface area contributed by atoms with E-state index in [9.17, 15) is 4.79 Å². The van der Waals surface area contributed by atoms with Gasteiger partial charge in [0.15, 0.2) is 5.82 Å². The predicted octanol–water partition coefficient (Wildman–Crippen LogP) is 0.747. The van der Waals surface area contributed by atoms with Gasteiger partial charge in [-0.2, -0.15) is 4.98 Å². The fourth-order valence-corrected chi connectivity index (χ4v) is 2.07. The highest BCUT2D eigenvalue weighted by Crippen LogP contribution is 2.30. The van der Waals surface area contributed by atoms with E-state index in [0.29, 0.717) is 11.5 Å². The van der Waals surface area contributed by atoms with Crippen LogP contribution in [0.25, 0.3) is 0 Å². The van der Waals surface area contributed by atoms with Crippen LogP contribution in [0.1, 0.15) is 27.2 Å². The van der Waals surface area contributed by atoms with Gasteiger partial charge in [-0.1, -0.05) is 6.92 Å². The van der Waals surface area contributed by atoms with Crippen molar-refractivity contribution in [1.82, 2.24) is 9.97 Å². The maximum atomic E-state index is 11.7. The van der Waals surface area contributed by atoms with Crippen molar-refractivity contribution in [3.05, 3.63) is 10.4 Å². The smallest absolute Gasteiger partial charge is 0.277 e. The fraction of sp³-hybridized carbons (Fsp3) is 0.600. The summed E-state index contributed by atoms with van der Waals surface area (Å²) in [6.45, 7) is 6.21. The van der Waals surface area contributed by atoms with E-state index in [-0.39, 0.29) is 23.1 Å². The molecule has 0 aliphatic carbocycles. The van der Waals surface area contributed by atoms with Gasteiger partial charge in [-0.05, 0) is 20.3 Å². The van der Waals surface area contributed by atoms with Gasteiger partial charge in [0.25, 0.3) is 5.56 Å². The van der Waals surface area contributed by atoms with Gasteiger partial charge in [0.1, 0.15) is 5.69 Å². The summed E-state index contributed by atoms with van der Waals surface area (Å²) in [6, 6.07) is 0.187. The van der Waals surface area contributed by atoms with Crippen LogP contribution in [0.15, 0.2) is 4.79 Å². The first-order valence-corrected chi connectivity index (χ1v) is 5.38. The van der Waals surface area contributed by atoms with Gasteiger partial charge < -0.3 is 16.4 Å². The number of nitrogens with one attached hydrogen (secondary N) is 3. The summed E-state index contributed by atoms with van der Waals surface area (Å²) in [7, 11) is 0. The molecule has 0 bridgehead atoms. The predicted molar refractivity (Wildman–Crippen MR) is 64.7 cm³/mol.